The van der Waals surface area contributed by atoms with Gasteiger partial charge in [0.05, 0.1) is 5.69 Å². The zero-order chi connectivity index (χ0) is 17.8. The largest absolute Gasteiger partial charge is 0.352 e. The van der Waals surface area contributed by atoms with Crippen LogP contribution in [-0.4, -0.2) is 45.9 Å². The standard InChI is InChI=1S/C18H22N4O2S/c1-12-3-5-15(6-4-12)17(23)19-11-14-7-9-22(10-8-14)18(24)16-13(2)20-21-25-16/h3-6,14H,7-11H2,1-2H3,(H,19,23). The highest BCUT2D eigenvalue weighted by molar-refractivity contribution is 7.07. The molecule has 2 heterocycles. The predicted molar refractivity (Wildman–Crippen MR) is 96.8 cm³/mol. The van der Waals surface area contributed by atoms with Crippen molar-refractivity contribution >= 4 is 23.3 Å². The van der Waals surface area contributed by atoms with E-state index in [0.29, 0.717) is 41.7 Å². The van der Waals surface area contributed by atoms with Crippen molar-refractivity contribution in [3.8, 4) is 0 Å². The summed E-state index contributed by atoms with van der Waals surface area (Å²) in [5, 5.41) is 6.91. The second-order valence-corrected chi connectivity index (χ2v) is 7.25. The molecule has 2 aromatic rings. The smallest absolute Gasteiger partial charge is 0.267 e. The molecule has 1 fully saturated rings. The van der Waals surface area contributed by atoms with Crippen LogP contribution in [0.3, 0.4) is 0 Å². The average Bonchev–Trinajstić information content (AvgIpc) is 3.06. The number of carbonyl (C=O) groups excluding carboxylic acids is 2. The molecule has 2 amide bonds. The van der Waals surface area contributed by atoms with Gasteiger partial charge in [0.2, 0.25) is 0 Å². The third kappa shape index (κ3) is 4.22. The van der Waals surface area contributed by atoms with E-state index in [9.17, 15) is 9.59 Å². The first-order valence-corrected chi connectivity index (χ1v) is 9.25. The maximum Gasteiger partial charge on any atom is 0.267 e. The lowest BCUT2D eigenvalue weighted by Gasteiger charge is -2.31. The second-order valence-electron chi connectivity index (χ2n) is 6.50. The fourth-order valence-electron chi connectivity index (χ4n) is 2.96. The lowest BCUT2D eigenvalue weighted by Crippen LogP contribution is -2.41. The van der Waals surface area contributed by atoms with Crippen LogP contribution in [0, 0.1) is 19.8 Å². The first kappa shape index (κ1) is 17.5. The Balaban J connectivity index is 1.46. The van der Waals surface area contributed by atoms with Crippen LogP contribution >= 0.6 is 11.5 Å². The van der Waals surface area contributed by atoms with Crippen molar-refractivity contribution in [2.75, 3.05) is 19.6 Å². The Labute approximate surface area is 151 Å². The van der Waals surface area contributed by atoms with Gasteiger partial charge in [0.1, 0.15) is 4.88 Å². The number of hydrogen-bond acceptors (Lipinski definition) is 5. The molecule has 25 heavy (non-hydrogen) atoms. The van der Waals surface area contributed by atoms with Gasteiger partial charge in [-0.15, -0.1) is 5.10 Å². The molecule has 0 unspecified atom stereocenters. The van der Waals surface area contributed by atoms with E-state index in [-0.39, 0.29) is 11.8 Å². The van der Waals surface area contributed by atoms with E-state index >= 15 is 0 Å². The van der Waals surface area contributed by atoms with Crippen LogP contribution in [-0.2, 0) is 0 Å². The number of rotatable bonds is 4. The molecule has 1 aliphatic heterocycles. The van der Waals surface area contributed by atoms with Gasteiger partial charge in [-0.1, -0.05) is 22.2 Å². The Morgan fingerprint density at radius 1 is 1.20 bits per heavy atom. The monoisotopic (exact) mass is 358 g/mol. The third-order valence-electron chi connectivity index (χ3n) is 4.61. The molecular weight excluding hydrogens is 336 g/mol. The Hall–Kier alpha value is -2.28. The van der Waals surface area contributed by atoms with Gasteiger partial charge in [0.25, 0.3) is 11.8 Å². The number of nitrogens with one attached hydrogen (secondary N) is 1. The number of nitrogens with zero attached hydrogens (tertiary/aromatic N) is 3. The number of aromatic nitrogens is 2. The summed E-state index contributed by atoms with van der Waals surface area (Å²) >= 11 is 1.16. The average molecular weight is 358 g/mol. The van der Waals surface area contributed by atoms with Crippen molar-refractivity contribution in [1.82, 2.24) is 19.8 Å². The molecule has 0 radical (unpaired) electrons. The van der Waals surface area contributed by atoms with Crippen molar-refractivity contribution in [3.05, 3.63) is 46.0 Å². The third-order valence-corrected chi connectivity index (χ3v) is 5.43. The minimum atomic E-state index is -0.0372. The van der Waals surface area contributed by atoms with Crippen LogP contribution in [0.25, 0.3) is 0 Å². The van der Waals surface area contributed by atoms with Crippen molar-refractivity contribution in [1.29, 1.82) is 0 Å². The topological polar surface area (TPSA) is 75.2 Å². The van der Waals surface area contributed by atoms with E-state index < -0.39 is 0 Å². The summed E-state index contributed by atoms with van der Waals surface area (Å²) in [5.41, 5.74) is 2.52. The zero-order valence-corrected chi connectivity index (χ0v) is 15.3. The number of piperidine rings is 1. The molecule has 3 rings (SSSR count). The van der Waals surface area contributed by atoms with Crippen LogP contribution in [0.4, 0.5) is 0 Å². The van der Waals surface area contributed by atoms with Crippen LogP contribution < -0.4 is 5.32 Å². The van der Waals surface area contributed by atoms with Gasteiger partial charge >= 0.3 is 0 Å². The van der Waals surface area contributed by atoms with E-state index in [1.54, 1.807) is 0 Å². The normalized spacial score (nSPS) is 15.2. The van der Waals surface area contributed by atoms with E-state index in [0.717, 1.165) is 29.9 Å². The molecule has 1 aromatic heterocycles. The summed E-state index contributed by atoms with van der Waals surface area (Å²) in [6.45, 7) is 5.88. The number of likely N-dealkylation sites (tertiary alicyclic amines) is 1. The summed E-state index contributed by atoms with van der Waals surface area (Å²) in [7, 11) is 0. The molecule has 0 spiro atoms. The van der Waals surface area contributed by atoms with E-state index in [2.05, 4.69) is 14.9 Å². The van der Waals surface area contributed by atoms with Gasteiger partial charge in [-0.3, -0.25) is 9.59 Å². The Morgan fingerprint density at radius 2 is 1.88 bits per heavy atom. The molecule has 1 aromatic carbocycles. The van der Waals surface area contributed by atoms with E-state index in [1.165, 1.54) is 0 Å². The van der Waals surface area contributed by atoms with Gasteiger partial charge in [0.15, 0.2) is 0 Å². The summed E-state index contributed by atoms with van der Waals surface area (Å²) in [4.78, 5) is 27.1. The molecule has 0 atom stereocenters. The first-order valence-electron chi connectivity index (χ1n) is 8.47. The van der Waals surface area contributed by atoms with E-state index in [1.807, 2.05) is 43.0 Å². The number of hydrogen-bond donors (Lipinski definition) is 1. The van der Waals surface area contributed by atoms with Gasteiger partial charge in [-0.25, -0.2) is 0 Å². The highest BCUT2D eigenvalue weighted by Crippen LogP contribution is 2.20. The minimum absolute atomic E-state index is 0.0228. The Kier molecular flexibility index (Phi) is 5.43. The van der Waals surface area contributed by atoms with Crippen LogP contribution in [0.5, 0.6) is 0 Å². The molecule has 0 saturated carbocycles. The van der Waals surface area contributed by atoms with Gasteiger partial charge in [-0.05, 0) is 56.3 Å². The summed E-state index contributed by atoms with van der Waals surface area (Å²) in [5.74, 6) is 0.388. The fourth-order valence-corrected chi connectivity index (χ4v) is 3.58. The van der Waals surface area contributed by atoms with Crippen LogP contribution in [0.15, 0.2) is 24.3 Å². The molecule has 1 N–H and O–H groups in total. The zero-order valence-electron chi connectivity index (χ0n) is 14.5. The van der Waals surface area contributed by atoms with Gasteiger partial charge in [-0.2, -0.15) is 0 Å². The van der Waals surface area contributed by atoms with Crippen molar-refractivity contribution < 1.29 is 9.59 Å². The number of benzene rings is 1. The predicted octanol–water partition coefficient (Wildman–Crippen LogP) is 2.44. The van der Waals surface area contributed by atoms with Gasteiger partial charge < -0.3 is 10.2 Å². The molecule has 0 aliphatic carbocycles. The minimum Gasteiger partial charge on any atom is -0.352 e. The molecule has 6 nitrogen and oxygen atoms in total. The summed E-state index contributed by atoms with van der Waals surface area (Å²) in [6, 6.07) is 7.57. The number of aryl methyl sites for hydroxylation is 2. The molecule has 0 bridgehead atoms. The maximum atomic E-state index is 12.5. The second kappa shape index (κ2) is 7.74. The quantitative estimate of drug-likeness (QED) is 0.911. The van der Waals surface area contributed by atoms with Crippen LogP contribution in [0.1, 0.15) is 44.1 Å². The first-order chi connectivity index (χ1) is 12.0. The van der Waals surface area contributed by atoms with Crippen molar-refractivity contribution in [3.63, 3.8) is 0 Å². The van der Waals surface area contributed by atoms with Crippen molar-refractivity contribution in [2.45, 2.75) is 26.7 Å². The molecule has 7 heteroatoms. The lowest BCUT2D eigenvalue weighted by molar-refractivity contribution is 0.0688. The van der Waals surface area contributed by atoms with Crippen LogP contribution in [0.2, 0.25) is 0 Å². The summed E-state index contributed by atoms with van der Waals surface area (Å²) < 4.78 is 3.83. The van der Waals surface area contributed by atoms with Gasteiger partial charge in [0, 0.05) is 25.2 Å². The summed E-state index contributed by atoms with van der Waals surface area (Å²) in [6.07, 6.45) is 1.79. The maximum absolute atomic E-state index is 12.5. The Morgan fingerprint density at radius 3 is 2.48 bits per heavy atom. The van der Waals surface area contributed by atoms with E-state index in [4.69, 9.17) is 0 Å². The highest BCUT2D eigenvalue weighted by atomic mass is 32.1. The lowest BCUT2D eigenvalue weighted by atomic mass is 9.96. The number of amides is 2. The SMILES string of the molecule is Cc1ccc(C(=O)NCC2CCN(C(=O)c3snnc3C)CC2)cc1. The molecular formula is C18H22N4O2S. The molecule has 1 saturated heterocycles. The fraction of sp³-hybridized carbons (Fsp3) is 0.444. The highest BCUT2D eigenvalue weighted by Gasteiger charge is 2.26. The molecule has 132 valence electrons. The number of carbonyl (C=O) groups is 2. The molecule has 1 aliphatic rings. The Bertz CT molecular complexity index is 749. The van der Waals surface area contributed by atoms with Crippen molar-refractivity contribution in [2.24, 2.45) is 5.92 Å².